The van der Waals surface area contributed by atoms with E-state index in [2.05, 4.69) is 20.3 Å². The molecule has 0 aliphatic carbocycles. The van der Waals surface area contributed by atoms with Crippen LogP contribution in [0.3, 0.4) is 0 Å². The summed E-state index contributed by atoms with van der Waals surface area (Å²) in [5, 5.41) is 3.17. The second kappa shape index (κ2) is 10.0. The molecular weight excluding hydrogens is 527 g/mol. The van der Waals surface area contributed by atoms with Gasteiger partial charge in [0.2, 0.25) is 11.9 Å². The standard InChI is InChI=1S/C24H26F3N5O3S2/c1-5-37(34,35)16-8-6-15(7-9-16)11-19(33)30-23-31-20-17(36-23)12-32(21(20)13(2)3)22-28-14(4)10-18(29-22)24(25,26)27/h6-10,13,21H,5,11-12H2,1-4H3,(H,30,31,33)/t21-/m0/s1. The smallest absolute Gasteiger partial charge is 0.327 e. The van der Waals surface area contributed by atoms with Crippen LogP contribution in [0.4, 0.5) is 24.3 Å². The number of hydrogen-bond acceptors (Lipinski definition) is 8. The number of rotatable bonds is 7. The minimum atomic E-state index is -4.58. The van der Waals surface area contributed by atoms with Crippen molar-refractivity contribution in [3.05, 3.63) is 57.9 Å². The van der Waals surface area contributed by atoms with E-state index < -0.39 is 21.7 Å². The summed E-state index contributed by atoms with van der Waals surface area (Å²) in [6.07, 6.45) is -4.55. The van der Waals surface area contributed by atoms with Crippen molar-refractivity contribution in [1.29, 1.82) is 0 Å². The number of amides is 1. The number of aryl methyl sites for hydroxylation is 1. The van der Waals surface area contributed by atoms with Crippen molar-refractivity contribution >= 4 is 38.2 Å². The van der Waals surface area contributed by atoms with Crippen LogP contribution in [0.5, 0.6) is 0 Å². The first kappa shape index (κ1) is 27.0. The lowest BCUT2D eigenvalue weighted by Crippen LogP contribution is -2.29. The Morgan fingerprint density at radius 1 is 1.19 bits per heavy atom. The highest BCUT2D eigenvalue weighted by atomic mass is 32.2. The Hall–Kier alpha value is -3.06. The van der Waals surface area contributed by atoms with Gasteiger partial charge in [-0.25, -0.2) is 23.4 Å². The minimum Gasteiger partial charge on any atom is -0.327 e. The number of thiazole rings is 1. The normalized spacial score (nSPS) is 15.8. The van der Waals surface area contributed by atoms with E-state index in [-0.39, 0.29) is 53.1 Å². The molecule has 1 aromatic carbocycles. The lowest BCUT2D eigenvalue weighted by atomic mass is 10.0. The number of halogens is 3. The number of anilines is 2. The number of fused-ring (bicyclic) bond motifs is 1. The van der Waals surface area contributed by atoms with Crippen LogP contribution in [0.1, 0.15) is 54.3 Å². The van der Waals surface area contributed by atoms with Gasteiger partial charge in [-0.05, 0) is 36.6 Å². The number of carbonyl (C=O) groups is 1. The molecule has 1 N–H and O–H groups in total. The molecule has 3 aromatic rings. The van der Waals surface area contributed by atoms with Gasteiger partial charge < -0.3 is 10.2 Å². The predicted molar refractivity (Wildman–Crippen MR) is 134 cm³/mol. The van der Waals surface area contributed by atoms with Crippen molar-refractivity contribution < 1.29 is 26.4 Å². The van der Waals surface area contributed by atoms with Gasteiger partial charge in [-0.1, -0.05) is 44.2 Å². The number of aromatic nitrogens is 3. The van der Waals surface area contributed by atoms with E-state index in [1.165, 1.54) is 30.4 Å². The molecule has 0 unspecified atom stereocenters. The van der Waals surface area contributed by atoms with E-state index in [0.717, 1.165) is 10.9 Å². The first-order valence-electron chi connectivity index (χ1n) is 11.6. The van der Waals surface area contributed by atoms with Crippen LogP contribution < -0.4 is 10.2 Å². The SMILES string of the molecule is CCS(=O)(=O)c1ccc(CC(=O)Nc2nc3c(s2)CN(c2nc(C)cc(C(F)(F)F)n2)[C@H]3C(C)C)cc1. The zero-order chi connectivity index (χ0) is 27.1. The summed E-state index contributed by atoms with van der Waals surface area (Å²) >= 11 is 1.26. The molecule has 0 saturated heterocycles. The Labute approximate surface area is 216 Å². The molecule has 1 aliphatic heterocycles. The molecule has 0 spiro atoms. The largest absolute Gasteiger partial charge is 0.433 e. The van der Waals surface area contributed by atoms with Crippen molar-refractivity contribution in [2.45, 2.75) is 57.8 Å². The highest BCUT2D eigenvalue weighted by Crippen LogP contribution is 2.44. The van der Waals surface area contributed by atoms with Crippen molar-refractivity contribution in [3.8, 4) is 0 Å². The molecule has 1 atom stereocenters. The quantitative estimate of drug-likeness (QED) is 0.441. The molecule has 13 heteroatoms. The van der Waals surface area contributed by atoms with Gasteiger partial charge in [0.1, 0.15) is 5.69 Å². The number of carbonyl (C=O) groups excluding carboxylic acids is 1. The number of alkyl halides is 3. The van der Waals surface area contributed by atoms with Gasteiger partial charge in [0.25, 0.3) is 0 Å². The van der Waals surface area contributed by atoms with Gasteiger partial charge in [-0.2, -0.15) is 13.2 Å². The molecule has 8 nitrogen and oxygen atoms in total. The van der Waals surface area contributed by atoms with Gasteiger partial charge in [0.05, 0.1) is 40.2 Å². The second-order valence-electron chi connectivity index (χ2n) is 9.11. The molecule has 0 radical (unpaired) electrons. The molecule has 198 valence electrons. The predicted octanol–water partition coefficient (Wildman–Crippen LogP) is 4.95. The first-order chi connectivity index (χ1) is 17.3. The van der Waals surface area contributed by atoms with Crippen LogP contribution in [0.25, 0.3) is 0 Å². The zero-order valence-corrected chi connectivity index (χ0v) is 22.3. The molecular formula is C24H26F3N5O3S2. The number of nitrogens with zero attached hydrogens (tertiary/aromatic N) is 4. The fourth-order valence-corrected chi connectivity index (χ4v) is 6.09. The summed E-state index contributed by atoms with van der Waals surface area (Å²) in [6, 6.07) is 6.74. The highest BCUT2D eigenvalue weighted by molar-refractivity contribution is 7.91. The summed E-state index contributed by atoms with van der Waals surface area (Å²) in [6.45, 7) is 7.22. The Morgan fingerprint density at radius 3 is 2.46 bits per heavy atom. The van der Waals surface area contributed by atoms with Gasteiger partial charge >= 0.3 is 6.18 Å². The number of nitrogens with one attached hydrogen (secondary N) is 1. The lowest BCUT2D eigenvalue weighted by Gasteiger charge is -2.28. The molecule has 0 bridgehead atoms. The van der Waals surface area contributed by atoms with Crippen molar-refractivity contribution in [2.24, 2.45) is 5.92 Å². The minimum absolute atomic E-state index is 0.00412. The Bertz CT molecular complexity index is 1420. The maximum absolute atomic E-state index is 13.3. The average molecular weight is 554 g/mol. The molecule has 4 rings (SSSR count). The third-order valence-corrected chi connectivity index (χ3v) is 8.67. The van der Waals surface area contributed by atoms with Crippen LogP contribution in [-0.2, 0) is 33.8 Å². The molecule has 1 amide bonds. The maximum Gasteiger partial charge on any atom is 0.433 e. The van der Waals surface area contributed by atoms with Crippen LogP contribution in [0.2, 0.25) is 0 Å². The molecule has 1 aliphatic rings. The molecule has 2 aromatic heterocycles. The van der Waals surface area contributed by atoms with E-state index in [4.69, 9.17) is 0 Å². The Balaban J connectivity index is 1.50. The van der Waals surface area contributed by atoms with E-state index in [1.54, 1.807) is 24.0 Å². The summed E-state index contributed by atoms with van der Waals surface area (Å²) in [5.74, 6) is -0.331. The second-order valence-corrected chi connectivity index (χ2v) is 12.5. The fourth-order valence-electron chi connectivity index (χ4n) is 4.19. The summed E-state index contributed by atoms with van der Waals surface area (Å²) in [4.78, 5) is 28.0. The van der Waals surface area contributed by atoms with E-state index in [1.807, 2.05) is 13.8 Å². The third-order valence-electron chi connectivity index (χ3n) is 5.95. The van der Waals surface area contributed by atoms with Crippen LogP contribution in [0.15, 0.2) is 35.2 Å². The lowest BCUT2D eigenvalue weighted by molar-refractivity contribution is -0.141. The van der Waals surface area contributed by atoms with E-state index >= 15 is 0 Å². The van der Waals surface area contributed by atoms with Gasteiger partial charge in [-0.3, -0.25) is 4.79 Å². The summed E-state index contributed by atoms with van der Waals surface area (Å²) in [5.41, 5.74) is 0.563. The molecule has 0 fully saturated rings. The summed E-state index contributed by atoms with van der Waals surface area (Å²) < 4.78 is 63.9. The first-order valence-corrected chi connectivity index (χ1v) is 14.1. The maximum atomic E-state index is 13.3. The van der Waals surface area contributed by atoms with Gasteiger partial charge in [0.15, 0.2) is 15.0 Å². The van der Waals surface area contributed by atoms with Crippen molar-refractivity contribution in [2.75, 3.05) is 16.0 Å². The fraction of sp³-hybridized carbons (Fsp3) is 0.417. The number of sulfone groups is 1. The van der Waals surface area contributed by atoms with Crippen molar-refractivity contribution in [1.82, 2.24) is 15.0 Å². The number of benzene rings is 1. The van der Waals surface area contributed by atoms with Gasteiger partial charge in [0, 0.05) is 5.69 Å². The molecule has 3 heterocycles. The van der Waals surface area contributed by atoms with Gasteiger partial charge in [-0.15, -0.1) is 0 Å². The van der Waals surface area contributed by atoms with Crippen molar-refractivity contribution in [3.63, 3.8) is 0 Å². The van der Waals surface area contributed by atoms with E-state index in [9.17, 15) is 26.4 Å². The van der Waals surface area contributed by atoms with E-state index in [0.29, 0.717) is 16.4 Å². The highest BCUT2D eigenvalue weighted by Gasteiger charge is 2.40. The average Bonchev–Trinajstić information content (AvgIpc) is 3.35. The molecule has 0 saturated carbocycles. The van der Waals surface area contributed by atoms with Crippen LogP contribution in [0, 0.1) is 12.8 Å². The topological polar surface area (TPSA) is 105 Å². The van der Waals surface area contributed by atoms with Crippen LogP contribution in [-0.4, -0.2) is 35.0 Å². The number of hydrogen-bond donors (Lipinski definition) is 1. The Kier molecular flexibility index (Phi) is 7.30. The zero-order valence-electron chi connectivity index (χ0n) is 20.6. The van der Waals surface area contributed by atoms with Crippen LogP contribution >= 0.6 is 11.3 Å². The molecule has 37 heavy (non-hydrogen) atoms. The Morgan fingerprint density at radius 2 is 1.86 bits per heavy atom. The summed E-state index contributed by atoms with van der Waals surface area (Å²) in [7, 11) is -3.32. The monoisotopic (exact) mass is 553 g/mol. The third kappa shape index (κ3) is 5.77.